The summed E-state index contributed by atoms with van der Waals surface area (Å²) in [5.74, 6) is 1.53. The average Bonchev–Trinajstić information content (AvgIpc) is 3.19. The van der Waals surface area contributed by atoms with Gasteiger partial charge in [0.25, 0.3) is 0 Å². The zero-order chi connectivity index (χ0) is 22.3. The molecule has 0 amide bonds. The van der Waals surface area contributed by atoms with Crippen LogP contribution in [0.25, 0.3) is 0 Å². The Labute approximate surface area is 193 Å². The van der Waals surface area contributed by atoms with E-state index in [1.807, 2.05) is 26.0 Å². The van der Waals surface area contributed by atoms with Gasteiger partial charge in [-0.25, -0.2) is 9.98 Å². The second kappa shape index (κ2) is 11.5. The third kappa shape index (κ3) is 6.85. The van der Waals surface area contributed by atoms with Crippen molar-refractivity contribution in [3.8, 4) is 0 Å². The van der Waals surface area contributed by atoms with E-state index >= 15 is 0 Å². The number of aryl methyl sites for hydroxylation is 4. The van der Waals surface area contributed by atoms with E-state index in [9.17, 15) is 0 Å². The van der Waals surface area contributed by atoms with E-state index in [1.165, 1.54) is 11.1 Å². The van der Waals surface area contributed by atoms with Gasteiger partial charge in [-0.15, -0.1) is 0 Å². The Morgan fingerprint density at radius 1 is 0.700 bits per heavy atom. The molecule has 30 heavy (non-hydrogen) atoms. The summed E-state index contributed by atoms with van der Waals surface area (Å²) < 4.78 is 6.03. The summed E-state index contributed by atoms with van der Waals surface area (Å²) in [6.07, 6.45) is 0. The van der Waals surface area contributed by atoms with Crippen molar-refractivity contribution in [2.24, 2.45) is 9.98 Å². The molecule has 0 radical (unpaired) electrons. The van der Waals surface area contributed by atoms with Gasteiger partial charge in [-0.1, -0.05) is 24.3 Å². The number of halogens is 2. The molecule has 0 aliphatic carbocycles. The van der Waals surface area contributed by atoms with Crippen molar-refractivity contribution in [1.82, 2.24) is 0 Å². The second-order valence-electron chi connectivity index (χ2n) is 7.19. The first-order valence-corrected chi connectivity index (χ1v) is 12.5. The molecule has 0 bridgehead atoms. The molecule has 6 heteroatoms. The number of nitrogens with zero attached hydrogens (tertiary/aromatic N) is 2. The number of benzene rings is 2. The van der Waals surface area contributed by atoms with Gasteiger partial charge in [0.1, 0.15) is 11.5 Å². The first-order valence-electron chi connectivity index (χ1n) is 9.46. The second-order valence-corrected chi connectivity index (χ2v) is 9.01. The molecule has 0 N–H and O–H groups in total. The third-order valence-corrected chi connectivity index (χ3v) is 4.62. The molecule has 0 atom stereocenters. The van der Waals surface area contributed by atoms with Crippen molar-refractivity contribution in [1.29, 1.82) is 0 Å². The molecule has 0 unspecified atom stereocenters. The van der Waals surface area contributed by atoms with Crippen molar-refractivity contribution in [2.75, 3.05) is 0 Å². The minimum absolute atomic E-state index is 0.194. The van der Waals surface area contributed by atoms with Gasteiger partial charge in [-0.3, -0.25) is 0 Å². The van der Waals surface area contributed by atoms with E-state index in [2.05, 4.69) is 64.1 Å². The molecule has 0 aliphatic heterocycles. The van der Waals surface area contributed by atoms with Gasteiger partial charge in [0, 0.05) is 0 Å². The van der Waals surface area contributed by atoms with Crippen molar-refractivity contribution in [3.05, 3.63) is 82.3 Å². The van der Waals surface area contributed by atoms with Crippen LogP contribution in [0.5, 0.6) is 0 Å². The Morgan fingerprint density at radius 3 is 1.43 bits per heavy atom. The van der Waals surface area contributed by atoms with Gasteiger partial charge in [0.05, 0.1) is 22.8 Å². The molecule has 2 aromatic carbocycles. The van der Waals surface area contributed by atoms with Crippen LogP contribution in [0.2, 0.25) is 0 Å². The normalized spacial score (nSPS) is 12.0. The summed E-state index contributed by atoms with van der Waals surface area (Å²) in [5.41, 5.74) is 8.37. The molecule has 3 nitrogen and oxygen atoms in total. The summed E-state index contributed by atoms with van der Waals surface area (Å²) >= 11 is 0.194. The van der Waals surface area contributed by atoms with Crippen molar-refractivity contribution in [2.45, 2.75) is 41.5 Å². The van der Waals surface area contributed by atoms with Crippen LogP contribution in [0.3, 0.4) is 0 Å². The molecule has 0 saturated heterocycles. The quantitative estimate of drug-likeness (QED) is 0.271. The van der Waals surface area contributed by atoms with Crippen LogP contribution in [0.15, 0.2) is 62.9 Å². The Hall–Kier alpha value is -1.84. The van der Waals surface area contributed by atoms with E-state index in [4.69, 9.17) is 34.6 Å². The minimum atomic E-state index is 0.194. The van der Waals surface area contributed by atoms with E-state index in [1.54, 1.807) is 0 Å². The van der Waals surface area contributed by atoms with Crippen LogP contribution < -0.4 is 0 Å². The summed E-state index contributed by atoms with van der Waals surface area (Å²) in [6.45, 7) is 12.2. The molecule has 0 saturated carbocycles. The standard InChI is InChI=1S/C24H26N2O.2ClH.Fe/c1-15-7-9-17(3)21(13-15)25-19(5)23-11-12-24(27-23)20(6)26-22-14-16(2)8-10-18(22)4;;;/h7-14H,1-6H3;2*1H;/q;;;+2/p-2. The maximum atomic E-state index is 6.03. The summed E-state index contributed by atoms with van der Waals surface area (Å²) in [5, 5.41) is 0. The molecular weight excluding hydrogens is 459 g/mol. The van der Waals surface area contributed by atoms with Gasteiger partial charge >= 0.3 is 33.3 Å². The number of furan rings is 1. The van der Waals surface area contributed by atoms with Gasteiger partial charge in [-0.2, -0.15) is 0 Å². The zero-order valence-electron chi connectivity index (χ0n) is 18.0. The number of aliphatic imine (C=N–C) groups is 2. The van der Waals surface area contributed by atoms with Crippen LogP contribution in [-0.4, -0.2) is 11.4 Å². The van der Waals surface area contributed by atoms with E-state index in [0.29, 0.717) is 0 Å². The predicted octanol–water partition coefficient (Wildman–Crippen LogP) is 8.17. The summed E-state index contributed by atoms with van der Waals surface area (Å²) in [4.78, 5) is 9.51. The van der Waals surface area contributed by atoms with E-state index in [-0.39, 0.29) is 13.1 Å². The monoisotopic (exact) mass is 484 g/mol. The fourth-order valence-corrected chi connectivity index (χ4v) is 2.88. The van der Waals surface area contributed by atoms with Crippen LogP contribution in [0.1, 0.15) is 47.6 Å². The van der Waals surface area contributed by atoms with Gasteiger partial charge in [0.15, 0.2) is 0 Å². The first-order chi connectivity index (χ1) is 14.2. The van der Waals surface area contributed by atoms with Gasteiger partial charge < -0.3 is 4.42 Å². The maximum absolute atomic E-state index is 6.03. The van der Waals surface area contributed by atoms with Crippen LogP contribution in [0, 0.1) is 27.7 Å². The van der Waals surface area contributed by atoms with Crippen LogP contribution in [0.4, 0.5) is 11.4 Å². The van der Waals surface area contributed by atoms with Crippen molar-refractivity contribution >= 4 is 43.0 Å². The Balaban J connectivity index is 0.00000101. The number of rotatable bonds is 4. The van der Waals surface area contributed by atoms with Crippen molar-refractivity contribution < 1.29 is 17.6 Å². The number of hydrogen-bond acceptors (Lipinski definition) is 3. The molecule has 1 heterocycles. The topological polar surface area (TPSA) is 37.9 Å². The van der Waals surface area contributed by atoms with E-state index in [0.717, 1.165) is 45.4 Å². The third-order valence-electron chi connectivity index (χ3n) is 4.62. The fourth-order valence-electron chi connectivity index (χ4n) is 2.88. The molecule has 1 aromatic heterocycles. The fraction of sp³-hybridized carbons (Fsp3) is 0.250. The van der Waals surface area contributed by atoms with Gasteiger partial charge in [-0.05, 0) is 88.1 Å². The molecule has 0 spiro atoms. The van der Waals surface area contributed by atoms with E-state index < -0.39 is 0 Å². The molecular formula is C24H26Cl2FeN2O. The molecule has 3 rings (SSSR count). The first kappa shape index (κ1) is 24.4. The Bertz CT molecular complexity index is 989. The summed E-state index contributed by atoms with van der Waals surface area (Å²) in [6, 6.07) is 16.5. The average molecular weight is 485 g/mol. The molecule has 3 aromatic rings. The Morgan fingerprint density at radius 2 is 1.07 bits per heavy atom. The van der Waals surface area contributed by atoms with Crippen LogP contribution in [-0.2, 0) is 13.1 Å². The molecule has 0 fully saturated rings. The Kier molecular flexibility index (Phi) is 9.38. The molecule has 160 valence electrons. The SMILES string of the molecule is CC(=Nc1cc(C)ccc1C)c1ccc(C(C)=Nc2cc(C)ccc2C)o1.[Cl][Fe][Cl]. The van der Waals surface area contributed by atoms with Crippen LogP contribution >= 0.6 is 20.2 Å². The van der Waals surface area contributed by atoms with Crippen molar-refractivity contribution in [3.63, 3.8) is 0 Å². The summed E-state index contributed by atoms with van der Waals surface area (Å²) in [7, 11) is 9.53. The number of hydrogen-bond donors (Lipinski definition) is 0. The molecule has 0 aliphatic rings. The predicted molar refractivity (Wildman–Crippen MR) is 126 cm³/mol. The van der Waals surface area contributed by atoms with Gasteiger partial charge in [0.2, 0.25) is 0 Å². The zero-order valence-corrected chi connectivity index (χ0v) is 20.6.